The molecule has 0 fully saturated rings. The third-order valence-electron chi connectivity index (χ3n) is 3.14. The lowest BCUT2D eigenvalue weighted by molar-refractivity contribution is 0.306. The lowest BCUT2D eigenvalue weighted by atomic mass is 10.1. The first-order valence-corrected chi connectivity index (χ1v) is 6.35. The molecular weight excluding hydrogens is 246 g/mol. The highest BCUT2D eigenvalue weighted by Crippen LogP contribution is 2.13. The minimum absolute atomic E-state index is 0.675. The van der Waals surface area contributed by atoms with Crippen LogP contribution in [0.15, 0.2) is 30.5 Å². The molecule has 2 rings (SSSR count). The van der Waals surface area contributed by atoms with E-state index in [1.54, 1.807) is 6.20 Å². The summed E-state index contributed by atoms with van der Waals surface area (Å²) in [6, 6.07) is 8.45. The van der Waals surface area contributed by atoms with Gasteiger partial charge in [-0.05, 0) is 25.1 Å². The van der Waals surface area contributed by atoms with Crippen molar-refractivity contribution in [3.8, 4) is 0 Å². The number of hydrogen-bond donors (Lipinski definition) is 0. The van der Waals surface area contributed by atoms with Gasteiger partial charge in [-0.1, -0.05) is 35.9 Å². The van der Waals surface area contributed by atoms with Crippen LogP contribution in [0.5, 0.6) is 0 Å². The maximum Gasteiger partial charge on any atom is 0.128 e. The van der Waals surface area contributed by atoms with Crippen LogP contribution in [0.3, 0.4) is 0 Å². The summed E-state index contributed by atoms with van der Waals surface area (Å²) in [7, 11) is 4.03. The van der Waals surface area contributed by atoms with Crippen LogP contribution in [0, 0.1) is 6.92 Å². The molecule has 1 aromatic heterocycles. The minimum atomic E-state index is 0.675. The van der Waals surface area contributed by atoms with Gasteiger partial charge < -0.3 is 4.57 Å². The number of benzene rings is 1. The average molecular weight is 264 g/mol. The second-order valence-corrected chi connectivity index (χ2v) is 5.04. The molecule has 2 aromatic rings. The van der Waals surface area contributed by atoms with Gasteiger partial charge in [0.15, 0.2) is 0 Å². The SMILES string of the molecule is Cc1ccccc1CN(C)Cc1ncc(Cl)n1C. The fourth-order valence-corrected chi connectivity index (χ4v) is 2.09. The van der Waals surface area contributed by atoms with Crippen LogP contribution in [0.4, 0.5) is 0 Å². The molecule has 3 nitrogen and oxygen atoms in total. The summed E-state index contributed by atoms with van der Waals surface area (Å²) in [6.07, 6.45) is 1.69. The number of rotatable bonds is 4. The van der Waals surface area contributed by atoms with E-state index in [0.29, 0.717) is 5.15 Å². The van der Waals surface area contributed by atoms with Crippen molar-refractivity contribution in [3.63, 3.8) is 0 Å². The minimum Gasteiger partial charge on any atom is -0.321 e. The fourth-order valence-electron chi connectivity index (χ4n) is 1.95. The number of hydrogen-bond acceptors (Lipinski definition) is 2. The van der Waals surface area contributed by atoms with Crippen LogP contribution in [-0.2, 0) is 20.1 Å². The second-order valence-electron chi connectivity index (χ2n) is 4.65. The quantitative estimate of drug-likeness (QED) is 0.846. The van der Waals surface area contributed by atoms with Crippen molar-refractivity contribution < 1.29 is 0 Å². The Kier molecular flexibility index (Phi) is 4.04. The predicted molar refractivity (Wildman–Crippen MR) is 74.6 cm³/mol. The highest BCUT2D eigenvalue weighted by atomic mass is 35.5. The maximum absolute atomic E-state index is 5.98. The van der Waals surface area contributed by atoms with Crippen molar-refractivity contribution in [2.24, 2.45) is 7.05 Å². The lowest BCUT2D eigenvalue weighted by Gasteiger charge is -2.17. The van der Waals surface area contributed by atoms with E-state index in [1.165, 1.54) is 11.1 Å². The molecule has 0 N–H and O–H groups in total. The van der Waals surface area contributed by atoms with Crippen molar-refractivity contribution in [2.75, 3.05) is 7.05 Å². The van der Waals surface area contributed by atoms with Crippen molar-refractivity contribution in [2.45, 2.75) is 20.0 Å². The summed E-state index contributed by atoms with van der Waals surface area (Å²) in [5.74, 6) is 0.982. The van der Waals surface area contributed by atoms with E-state index in [4.69, 9.17) is 11.6 Å². The molecule has 0 saturated heterocycles. The van der Waals surface area contributed by atoms with Gasteiger partial charge in [0, 0.05) is 13.6 Å². The Bertz CT molecular complexity index is 534. The van der Waals surface area contributed by atoms with Crippen LogP contribution < -0.4 is 0 Å². The summed E-state index contributed by atoms with van der Waals surface area (Å²) < 4.78 is 1.91. The van der Waals surface area contributed by atoms with Crippen molar-refractivity contribution in [3.05, 3.63) is 52.6 Å². The van der Waals surface area contributed by atoms with E-state index >= 15 is 0 Å². The maximum atomic E-state index is 5.98. The zero-order valence-electron chi connectivity index (χ0n) is 11.0. The van der Waals surface area contributed by atoms with Crippen molar-refractivity contribution >= 4 is 11.6 Å². The molecule has 0 bridgehead atoms. The van der Waals surface area contributed by atoms with Gasteiger partial charge in [0.1, 0.15) is 11.0 Å². The normalized spacial score (nSPS) is 11.2. The molecule has 0 unspecified atom stereocenters. The first-order chi connectivity index (χ1) is 8.58. The Balaban J connectivity index is 2.03. The Hall–Kier alpha value is -1.32. The molecule has 0 aliphatic rings. The van der Waals surface area contributed by atoms with Gasteiger partial charge in [0.05, 0.1) is 12.7 Å². The molecule has 0 atom stereocenters. The monoisotopic (exact) mass is 263 g/mol. The Morgan fingerprint density at radius 2 is 2.00 bits per heavy atom. The summed E-state index contributed by atoms with van der Waals surface area (Å²) in [4.78, 5) is 6.55. The van der Waals surface area contributed by atoms with E-state index < -0.39 is 0 Å². The van der Waals surface area contributed by atoms with Gasteiger partial charge in [-0.2, -0.15) is 0 Å². The number of imidazole rings is 1. The molecule has 0 radical (unpaired) electrons. The Morgan fingerprint density at radius 1 is 1.28 bits per heavy atom. The van der Waals surface area contributed by atoms with E-state index in [9.17, 15) is 0 Å². The summed E-state index contributed by atoms with van der Waals surface area (Å²) >= 11 is 5.98. The largest absolute Gasteiger partial charge is 0.321 e. The molecule has 0 aliphatic heterocycles. The molecule has 0 amide bonds. The fraction of sp³-hybridized carbons (Fsp3) is 0.357. The topological polar surface area (TPSA) is 21.1 Å². The Labute approximate surface area is 113 Å². The van der Waals surface area contributed by atoms with E-state index in [2.05, 4.69) is 48.1 Å². The van der Waals surface area contributed by atoms with Gasteiger partial charge in [-0.3, -0.25) is 4.90 Å². The highest BCUT2D eigenvalue weighted by molar-refractivity contribution is 6.29. The third-order valence-corrected chi connectivity index (χ3v) is 3.49. The third kappa shape index (κ3) is 2.92. The lowest BCUT2D eigenvalue weighted by Crippen LogP contribution is -2.20. The molecular formula is C14H18ClN3. The molecule has 0 spiro atoms. The van der Waals surface area contributed by atoms with Gasteiger partial charge in [0.25, 0.3) is 0 Å². The molecule has 1 heterocycles. The zero-order chi connectivity index (χ0) is 13.1. The number of nitrogens with zero attached hydrogens (tertiary/aromatic N) is 3. The Morgan fingerprint density at radius 3 is 2.61 bits per heavy atom. The standard InChI is InChI=1S/C14H18ClN3/c1-11-6-4-5-7-12(11)9-17(2)10-14-16-8-13(15)18(14)3/h4-8H,9-10H2,1-3H3. The molecule has 1 aromatic carbocycles. The zero-order valence-corrected chi connectivity index (χ0v) is 11.8. The van der Waals surface area contributed by atoms with Crippen LogP contribution in [0.1, 0.15) is 17.0 Å². The van der Waals surface area contributed by atoms with Gasteiger partial charge in [-0.15, -0.1) is 0 Å². The summed E-state index contributed by atoms with van der Waals surface area (Å²) in [6.45, 7) is 3.84. The van der Waals surface area contributed by atoms with Gasteiger partial charge in [-0.25, -0.2) is 4.98 Å². The summed E-state index contributed by atoms with van der Waals surface area (Å²) in [5, 5.41) is 0.675. The second kappa shape index (κ2) is 5.55. The van der Waals surface area contributed by atoms with Gasteiger partial charge in [0.2, 0.25) is 0 Å². The average Bonchev–Trinajstić information content (AvgIpc) is 2.64. The molecule has 96 valence electrons. The van der Waals surface area contributed by atoms with Crippen molar-refractivity contribution in [1.29, 1.82) is 0 Å². The molecule has 4 heteroatoms. The number of halogens is 1. The predicted octanol–water partition coefficient (Wildman–Crippen LogP) is 3.01. The van der Waals surface area contributed by atoms with E-state index in [1.807, 2.05) is 11.6 Å². The first-order valence-electron chi connectivity index (χ1n) is 5.97. The van der Waals surface area contributed by atoms with Crippen molar-refractivity contribution in [1.82, 2.24) is 14.5 Å². The van der Waals surface area contributed by atoms with E-state index in [0.717, 1.165) is 18.9 Å². The molecule has 18 heavy (non-hydrogen) atoms. The smallest absolute Gasteiger partial charge is 0.128 e. The first kappa shape index (κ1) is 13.1. The molecule has 0 saturated carbocycles. The number of aromatic nitrogens is 2. The highest BCUT2D eigenvalue weighted by Gasteiger charge is 2.08. The molecule has 0 aliphatic carbocycles. The van der Waals surface area contributed by atoms with Gasteiger partial charge >= 0.3 is 0 Å². The summed E-state index contributed by atoms with van der Waals surface area (Å²) in [5.41, 5.74) is 2.67. The van der Waals surface area contributed by atoms with E-state index in [-0.39, 0.29) is 0 Å². The van der Waals surface area contributed by atoms with Crippen LogP contribution in [0.25, 0.3) is 0 Å². The van der Waals surface area contributed by atoms with Crippen LogP contribution in [-0.4, -0.2) is 21.5 Å². The van der Waals surface area contributed by atoms with Crippen LogP contribution >= 0.6 is 11.6 Å². The number of aryl methyl sites for hydroxylation is 1. The van der Waals surface area contributed by atoms with Crippen LogP contribution in [0.2, 0.25) is 5.15 Å².